The number of para-hydroxylation sites is 1. The molecule has 1 unspecified atom stereocenters. The Kier molecular flexibility index (Phi) is 3.92. The van der Waals surface area contributed by atoms with Gasteiger partial charge in [-0.05, 0) is 19.1 Å². The molecule has 2 heterocycles. The summed E-state index contributed by atoms with van der Waals surface area (Å²) in [6, 6.07) is 6.89. The van der Waals surface area contributed by atoms with E-state index >= 15 is 0 Å². The number of benzene rings is 1. The molecule has 1 aromatic carbocycles. The fourth-order valence-corrected chi connectivity index (χ4v) is 5.00. The number of hydrogen-bond acceptors (Lipinski definition) is 6. The first-order valence-electron chi connectivity index (χ1n) is 6.45. The average Bonchev–Trinajstić information content (AvgIpc) is 2.96. The first kappa shape index (κ1) is 15.4. The van der Waals surface area contributed by atoms with Crippen molar-refractivity contribution in [2.75, 3.05) is 11.9 Å². The van der Waals surface area contributed by atoms with E-state index in [0.717, 1.165) is 27.4 Å². The maximum absolute atomic E-state index is 12.6. The molecular formula is C14H12N2O3S3. The molecule has 1 atom stereocenters. The summed E-state index contributed by atoms with van der Waals surface area (Å²) in [5, 5.41) is 9.92. The van der Waals surface area contributed by atoms with Crippen molar-refractivity contribution >= 4 is 57.6 Å². The summed E-state index contributed by atoms with van der Waals surface area (Å²) in [5.74, 6) is -1.41. The van der Waals surface area contributed by atoms with Gasteiger partial charge >= 0.3 is 5.97 Å². The number of anilines is 1. The third-order valence-electron chi connectivity index (χ3n) is 3.48. The molecule has 0 saturated carbocycles. The summed E-state index contributed by atoms with van der Waals surface area (Å²) in [7, 11) is 1.89. The molecule has 0 spiro atoms. The number of carbonyl (C=O) groups excluding carboxylic acids is 1. The van der Waals surface area contributed by atoms with Crippen molar-refractivity contribution in [3.8, 4) is 0 Å². The molecule has 0 aliphatic carbocycles. The Balaban J connectivity index is 1.99. The van der Waals surface area contributed by atoms with Crippen LogP contribution in [-0.4, -0.2) is 39.3 Å². The lowest BCUT2D eigenvalue weighted by Crippen LogP contribution is -2.41. The molecule has 0 bridgehead atoms. The van der Waals surface area contributed by atoms with Crippen LogP contribution >= 0.6 is 35.7 Å². The summed E-state index contributed by atoms with van der Waals surface area (Å²) in [4.78, 5) is 28.4. The molecular weight excluding hydrogens is 340 g/mol. The number of fused-ring (bicyclic) bond motifs is 1. The topological polar surface area (TPSA) is 60.9 Å². The minimum atomic E-state index is -1.07. The van der Waals surface area contributed by atoms with Crippen LogP contribution in [0.5, 0.6) is 0 Å². The molecule has 8 heteroatoms. The van der Waals surface area contributed by atoms with Gasteiger partial charge < -0.3 is 10.0 Å². The van der Waals surface area contributed by atoms with Crippen molar-refractivity contribution in [1.29, 1.82) is 0 Å². The quantitative estimate of drug-likeness (QED) is 0.649. The van der Waals surface area contributed by atoms with Crippen molar-refractivity contribution in [3.05, 3.63) is 34.2 Å². The number of amides is 1. The van der Waals surface area contributed by atoms with Crippen molar-refractivity contribution in [1.82, 2.24) is 4.90 Å². The van der Waals surface area contributed by atoms with Crippen molar-refractivity contribution in [2.45, 2.75) is 17.9 Å². The van der Waals surface area contributed by atoms with Gasteiger partial charge in [-0.25, -0.2) is 4.79 Å². The van der Waals surface area contributed by atoms with Crippen molar-refractivity contribution in [2.24, 2.45) is 0 Å². The van der Waals surface area contributed by atoms with Crippen LogP contribution in [0.1, 0.15) is 6.92 Å². The highest BCUT2D eigenvalue weighted by Crippen LogP contribution is 2.49. The lowest BCUT2D eigenvalue weighted by molar-refractivity contribution is -0.144. The Bertz CT molecular complexity index is 732. The van der Waals surface area contributed by atoms with Crippen LogP contribution in [0.25, 0.3) is 0 Å². The number of thiocarbonyl (C=S) groups is 1. The number of rotatable bonds is 2. The predicted molar refractivity (Wildman–Crippen MR) is 91.9 cm³/mol. The molecule has 1 saturated heterocycles. The van der Waals surface area contributed by atoms with Gasteiger partial charge in [0.15, 0.2) is 0 Å². The predicted octanol–water partition coefficient (Wildman–Crippen LogP) is 2.73. The fraction of sp³-hybridized carbons (Fsp3) is 0.214. The highest BCUT2D eigenvalue weighted by atomic mass is 32.2. The van der Waals surface area contributed by atoms with Gasteiger partial charge in [0, 0.05) is 11.9 Å². The second-order valence-electron chi connectivity index (χ2n) is 4.82. The molecule has 2 aliphatic rings. The van der Waals surface area contributed by atoms with E-state index in [1.807, 2.05) is 36.2 Å². The summed E-state index contributed by atoms with van der Waals surface area (Å²) < 4.78 is 0.285. The molecule has 3 rings (SSSR count). The molecule has 0 aromatic heterocycles. The Morgan fingerprint density at radius 1 is 1.32 bits per heavy atom. The lowest BCUT2D eigenvalue weighted by atomic mass is 10.3. The molecule has 2 aliphatic heterocycles. The molecule has 1 fully saturated rings. The van der Waals surface area contributed by atoms with Crippen LogP contribution < -0.4 is 4.90 Å². The highest BCUT2D eigenvalue weighted by molar-refractivity contribution is 8.27. The van der Waals surface area contributed by atoms with Gasteiger partial charge in [-0.15, -0.1) is 0 Å². The summed E-state index contributed by atoms with van der Waals surface area (Å²) in [6.07, 6.45) is 0. The molecule has 5 nitrogen and oxygen atoms in total. The van der Waals surface area contributed by atoms with E-state index in [0.29, 0.717) is 4.91 Å². The van der Waals surface area contributed by atoms with Crippen LogP contribution in [0.3, 0.4) is 0 Å². The van der Waals surface area contributed by atoms with Gasteiger partial charge in [0.25, 0.3) is 5.91 Å². The van der Waals surface area contributed by atoms with E-state index in [9.17, 15) is 9.59 Å². The zero-order valence-electron chi connectivity index (χ0n) is 11.8. The highest BCUT2D eigenvalue weighted by Gasteiger charge is 2.42. The maximum atomic E-state index is 12.6. The summed E-state index contributed by atoms with van der Waals surface area (Å²) in [5.41, 5.74) is 1.03. The Labute approximate surface area is 141 Å². The van der Waals surface area contributed by atoms with E-state index in [1.54, 1.807) is 0 Å². The third kappa shape index (κ3) is 2.31. The van der Waals surface area contributed by atoms with E-state index in [-0.39, 0.29) is 10.2 Å². The molecule has 0 radical (unpaired) electrons. The molecule has 1 amide bonds. The van der Waals surface area contributed by atoms with E-state index in [4.69, 9.17) is 17.3 Å². The van der Waals surface area contributed by atoms with Gasteiger partial charge in [0.2, 0.25) is 0 Å². The number of thioether (sulfide) groups is 2. The van der Waals surface area contributed by atoms with Crippen LogP contribution in [0.15, 0.2) is 39.1 Å². The third-order valence-corrected chi connectivity index (χ3v) is 6.23. The van der Waals surface area contributed by atoms with Gasteiger partial charge in [-0.2, -0.15) is 0 Å². The first-order valence-corrected chi connectivity index (χ1v) is 8.49. The zero-order chi connectivity index (χ0) is 16.0. The van der Waals surface area contributed by atoms with Crippen molar-refractivity contribution < 1.29 is 14.7 Å². The van der Waals surface area contributed by atoms with Crippen LogP contribution in [0, 0.1) is 0 Å². The zero-order valence-corrected chi connectivity index (χ0v) is 14.2. The number of aliphatic carboxylic acids is 1. The summed E-state index contributed by atoms with van der Waals surface area (Å²) >= 11 is 7.85. The number of hydrogen-bond donors (Lipinski definition) is 1. The largest absolute Gasteiger partial charge is 0.480 e. The average molecular weight is 352 g/mol. The Hall–Kier alpha value is -1.51. The number of nitrogens with zero attached hydrogens (tertiary/aromatic N) is 2. The second kappa shape index (κ2) is 5.60. The minimum Gasteiger partial charge on any atom is -0.480 e. The number of carboxylic acids is 1. The number of carboxylic acid groups (broad SMARTS) is 1. The Morgan fingerprint density at radius 3 is 2.64 bits per heavy atom. The summed E-state index contributed by atoms with van der Waals surface area (Å²) in [6.45, 7) is 1.46. The second-order valence-corrected chi connectivity index (χ2v) is 7.50. The van der Waals surface area contributed by atoms with E-state index < -0.39 is 12.0 Å². The first-order chi connectivity index (χ1) is 10.4. The van der Waals surface area contributed by atoms with Gasteiger partial charge in [0.05, 0.1) is 10.7 Å². The molecule has 1 N–H and O–H groups in total. The van der Waals surface area contributed by atoms with Gasteiger partial charge in [-0.3, -0.25) is 9.69 Å². The minimum absolute atomic E-state index is 0.285. The number of carbonyl (C=O) groups is 2. The standard InChI is InChI=1S/C14H12N2O3S3/c1-7(13(18)19)16-11(17)10(22-14(16)20)12-15(2)8-5-3-4-6-9(8)21-12/h3-7H,1-2H3,(H,18,19). The SMILES string of the molecule is CC(C(=O)O)N1C(=O)C(=C2Sc3ccccc3N2C)SC1=S. The van der Waals surface area contributed by atoms with Crippen LogP contribution in [0.4, 0.5) is 5.69 Å². The van der Waals surface area contributed by atoms with E-state index in [2.05, 4.69) is 0 Å². The normalized spacial score (nSPS) is 22.3. The fourth-order valence-electron chi connectivity index (χ4n) is 2.25. The lowest BCUT2D eigenvalue weighted by Gasteiger charge is -2.19. The maximum Gasteiger partial charge on any atom is 0.326 e. The van der Waals surface area contributed by atoms with Crippen LogP contribution in [0.2, 0.25) is 0 Å². The molecule has 1 aromatic rings. The molecule has 114 valence electrons. The van der Waals surface area contributed by atoms with Crippen LogP contribution in [-0.2, 0) is 9.59 Å². The van der Waals surface area contributed by atoms with Gasteiger partial charge in [0.1, 0.15) is 15.3 Å². The molecule has 22 heavy (non-hydrogen) atoms. The van der Waals surface area contributed by atoms with Gasteiger partial charge in [-0.1, -0.05) is 47.9 Å². The van der Waals surface area contributed by atoms with Crippen molar-refractivity contribution in [3.63, 3.8) is 0 Å². The Morgan fingerprint density at radius 2 is 2.00 bits per heavy atom. The smallest absolute Gasteiger partial charge is 0.326 e. The monoisotopic (exact) mass is 352 g/mol. The van der Waals surface area contributed by atoms with E-state index in [1.165, 1.54) is 23.6 Å².